The minimum Gasteiger partial charge on any atom is -0.376 e. The molecule has 2 heterocycles. The zero-order chi connectivity index (χ0) is 13.7. The van der Waals surface area contributed by atoms with Crippen LogP contribution in [0.2, 0.25) is 0 Å². The largest absolute Gasteiger partial charge is 0.376 e. The van der Waals surface area contributed by atoms with Gasteiger partial charge >= 0.3 is 0 Å². The lowest BCUT2D eigenvalue weighted by Gasteiger charge is -2.02. The van der Waals surface area contributed by atoms with Gasteiger partial charge in [0.05, 0.1) is 18.1 Å². The van der Waals surface area contributed by atoms with E-state index in [1.54, 1.807) is 11.3 Å². The van der Waals surface area contributed by atoms with Crippen LogP contribution in [0.3, 0.4) is 0 Å². The summed E-state index contributed by atoms with van der Waals surface area (Å²) in [6.07, 6.45) is 0.928. The van der Waals surface area contributed by atoms with Gasteiger partial charge in [0.2, 0.25) is 0 Å². The predicted octanol–water partition coefficient (Wildman–Crippen LogP) is 2.48. The molecule has 2 aromatic heterocycles. The summed E-state index contributed by atoms with van der Waals surface area (Å²) in [5, 5.41) is 2.07. The van der Waals surface area contributed by atoms with Gasteiger partial charge in [0.15, 0.2) is 0 Å². The van der Waals surface area contributed by atoms with Gasteiger partial charge in [0.25, 0.3) is 5.91 Å². The summed E-state index contributed by atoms with van der Waals surface area (Å²) in [4.78, 5) is 14.4. The van der Waals surface area contributed by atoms with Crippen LogP contribution in [0.15, 0.2) is 23.6 Å². The van der Waals surface area contributed by atoms with Gasteiger partial charge in [0, 0.05) is 16.2 Å². The molecule has 2 aromatic rings. The standard InChI is InChI=1S/C13H16N2O2S2/c1-9-10(7-12(19-9)13(16)15-14)8-17-5-4-11-3-2-6-18-11/h2-3,6-7H,4-5,8,14H2,1H3,(H,15,16). The van der Waals surface area contributed by atoms with Crippen LogP contribution in [-0.2, 0) is 17.8 Å². The molecule has 3 N–H and O–H groups in total. The molecule has 2 rings (SSSR count). The summed E-state index contributed by atoms with van der Waals surface area (Å²) in [6.45, 7) is 3.20. The minimum absolute atomic E-state index is 0.252. The maximum absolute atomic E-state index is 11.4. The third kappa shape index (κ3) is 3.87. The topological polar surface area (TPSA) is 64.4 Å². The number of carbonyl (C=O) groups excluding carboxylic acids is 1. The molecule has 6 heteroatoms. The van der Waals surface area contributed by atoms with Crippen molar-refractivity contribution in [3.63, 3.8) is 0 Å². The summed E-state index contributed by atoms with van der Waals surface area (Å²) in [5.41, 5.74) is 3.19. The molecule has 0 spiro atoms. The van der Waals surface area contributed by atoms with E-state index in [0.717, 1.165) is 16.9 Å². The van der Waals surface area contributed by atoms with E-state index in [1.807, 2.05) is 19.1 Å². The summed E-state index contributed by atoms with van der Waals surface area (Å²) < 4.78 is 5.65. The Morgan fingerprint density at radius 1 is 1.53 bits per heavy atom. The Morgan fingerprint density at radius 3 is 3.05 bits per heavy atom. The molecule has 4 nitrogen and oxygen atoms in total. The SMILES string of the molecule is Cc1sc(C(=O)NN)cc1COCCc1cccs1. The molecule has 0 aliphatic carbocycles. The van der Waals surface area contributed by atoms with Gasteiger partial charge in [-0.15, -0.1) is 22.7 Å². The predicted molar refractivity (Wildman–Crippen MR) is 78.4 cm³/mol. The number of rotatable bonds is 6. The van der Waals surface area contributed by atoms with Gasteiger partial charge in [-0.25, -0.2) is 5.84 Å². The molecule has 0 aliphatic heterocycles. The Kier molecular flexibility index (Phi) is 5.09. The number of thiophene rings is 2. The Labute approximate surface area is 120 Å². The first-order valence-corrected chi connectivity index (χ1v) is 7.60. The van der Waals surface area contributed by atoms with Crippen LogP contribution in [-0.4, -0.2) is 12.5 Å². The van der Waals surface area contributed by atoms with Gasteiger partial charge in [-0.2, -0.15) is 0 Å². The molecule has 0 fully saturated rings. The highest BCUT2D eigenvalue weighted by atomic mass is 32.1. The van der Waals surface area contributed by atoms with Crippen molar-refractivity contribution in [3.8, 4) is 0 Å². The molecule has 0 aliphatic rings. The molecule has 0 bridgehead atoms. The van der Waals surface area contributed by atoms with Crippen molar-refractivity contribution >= 4 is 28.6 Å². The first kappa shape index (κ1) is 14.2. The molecule has 102 valence electrons. The van der Waals surface area contributed by atoms with Crippen LogP contribution in [0.5, 0.6) is 0 Å². The average molecular weight is 296 g/mol. The zero-order valence-electron chi connectivity index (χ0n) is 10.6. The molecule has 1 amide bonds. The van der Waals surface area contributed by atoms with Gasteiger partial charge in [0.1, 0.15) is 0 Å². The summed E-state index contributed by atoms with van der Waals surface area (Å²) in [5.74, 6) is 4.86. The van der Waals surface area contributed by atoms with Crippen LogP contribution < -0.4 is 11.3 Å². The normalized spacial score (nSPS) is 10.6. The average Bonchev–Trinajstić information content (AvgIpc) is 3.04. The quantitative estimate of drug-likeness (QED) is 0.372. The Balaban J connectivity index is 1.82. The fraction of sp³-hybridized carbons (Fsp3) is 0.308. The highest BCUT2D eigenvalue weighted by molar-refractivity contribution is 7.14. The second kappa shape index (κ2) is 6.81. The van der Waals surface area contributed by atoms with Gasteiger partial charge in [-0.05, 0) is 30.0 Å². The number of hydrazine groups is 1. The second-order valence-electron chi connectivity index (χ2n) is 4.05. The van der Waals surface area contributed by atoms with Crippen LogP contribution >= 0.6 is 22.7 Å². The highest BCUT2D eigenvalue weighted by Gasteiger charge is 2.11. The van der Waals surface area contributed by atoms with E-state index in [9.17, 15) is 4.79 Å². The lowest BCUT2D eigenvalue weighted by Crippen LogP contribution is -2.29. The van der Waals surface area contributed by atoms with Crippen molar-refractivity contribution in [3.05, 3.63) is 43.8 Å². The third-order valence-electron chi connectivity index (χ3n) is 2.71. The molecular weight excluding hydrogens is 280 g/mol. The molecule has 0 saturated heterocycles. The van der Waals surface area contributed by atoms with Crippen molar-refractivity contribution in [2.45, 2.75) is 20.0 Å². The van der Waals surface area contributed by atoms with E-state index in [2.05, 4.69) is 16.9 Å². The van der Waals surface area contributed by atoms with Gasteiger partial charge in [-0.3, -0.25) is 10.2 Å². The number of nitrogens with two attached hydrogens (primary N) is 1. The maximum atomic E-state index is 11.4. The van der Waals surface area contributed by atoms with Crippen molar-refractivity contribution in [2.24, 2.45) is 5.84 Å². The third-order valence-corrected chi connectivity index (χ3v) is 4.73. The van der Waals surface area contributed by atoms with Crippen molar-refractivity contribution in [1.29, 1.82) is 0 Å². The fourth-order valence-corrected chi connectivity index (χ4v) is 3.28. The van der Waals surface area contributed by atoms with E-state index in [0.29, 0.717) is 18.1 Å². The molecule has 0 radical (unpaired) electrons. The molecular formula is C13H16N2O2S2. The van der Waals surface area contributed by atoms with Crippen molar-refractivity contribution in [1.82, 2.24) is 5.43 Å². The number of nitrogen functional groups attached to an aromatic ring is 1. The molecule has 0 atom stereocenters. The lowest BCUT2D eigenvalue weighted by molar-refractivity contribution is 0.0957. The number of carbonyl (C=O) groups is 1. The molecule has 0 unspecified atom stereocenters. The van der Waals surface area contributed by atoms with E-state index in [1.165, 1.54) is 16.2 Å². The number of ether oxygens (including phenoxy) is 1. The number of hydrogen-bond donors (Lipinski definition) is 2. The van der Waals surface area contributed by atoms with Crippen LogP contribution in [0.25, 0.3) is 0 Å². The molecule has 0 aromatic carbocycles. The minimum atomic E-state index is -0.252. The number of hydrogen-bond acceptors (Lipinski definition) is 5. The zero-order valence-corrected chi connectivity index (χ0v) is 12.3. The molecule has 0 saturated carbocycles. The maximum Gasteiger partial charge on any atom is 0.275 e. The van der Waals surface area contributed by atoms with Gasteiger partial charge in [-0.1, -0.05) is 6.07 Å². The summed E-state index contributed by atoms with van der Waals surface area (Å²) in [6, 6.07) is 5.99. The van der Waals surface area contributed by atoms with E-state index >= 15 is 0 Å². The molecule has 19 heavy (non-hydrogen) atoms. The van der Waals surface area contributed by atoms with Crippen molar-refractivity contribution < 1.29 is 9.53 Å². The Hall–Kier alpha value is -1.21. The summed E-state index contributed by atoms with van der Waals surface area (Å²) in [7, 11) is 0. The van der Waals surface area contributed by atoms with E-state index in [-0.39, 0.29) is 5.91 Å². The van der Waals surface area contributed by atoms with Crippen LogP contribution in [0.1, 0.15) is 25.0 Å². The lowest BCUT2D eigenvalue weighted by atomic mass is 10.2. The first-order valence-electron chi connectivity index (χ1n) is 5.91. The number of aryl methyl sites for hydroxylation is 1. The van der Waals surface area contributed by atoms with Crippen LogP contribution in [0, 0.1) is 6.92 Å². The smallest absolute Gasteiger partial charge is 0.275 e. The van der Waals surface area contributed by atoms with Gasteiger partial charge < -0.3 is 4.74 Å². The Morgan fingerprint density at radius 2 is 2.37 bits per heavy atom. The van der Waals surface area contributed by atoms with Crippen molar-refractivity contribution in [2.75, 3.05) is 6.61 Å². The Bertz CT molecular complexity index is 535. The van der Waals surface area contributed by atoms with E-state index in [4.69, 9.17) is 10.6 Å². The fourth-order valence-electron chi connectivity index (χ4n) is 1.66. The number of nitrogens with one attached hydrogen (secondary N) is 1. The summed E-state index contributed by atoms with van der Waals surface area (Å²) >= 11 is 3.17. The van der Waals surface area contributed by atoms with Crippen LogP contribution in [0.4, 0.5) is 0 Å². The number of amides is 1. The van der Waals surface area contributed by atoms with E-state index < -0.39 is 0 Å². The first-order chi connectivity index (χ1) is 9.20. The second-order valence-corrected chi connectivity index (χ2v) is 6.34. The highest BCUT2D eigenvalue weighted by Crippen LogP contribution is 2.22. The monoisotopic (exact) mass is 296 g/mol.